The van der Waals surface area contributed by atoms with Crippen molar-refractivity contribution in [2.45, 2.75) is 20.0 Å². The van der Waals surface area contributed by atoms with Gasteiger partial charge in [-0.1, -0.05) is 24.3 Å². The lowest BCUT2D eigenvalue weighted by atomic mass is 10.1. The predicted octanol–water partition coefficient (Wildman–Crippen LogP) is 3.50. The van der Waals surface area contributed by atoms with E-state index in [0.717, 1.165) is 5.56 Å². The van der Waals surface area contributed by atoms with Gasteiger partial charge in [-0.25, -0.2) is 0 Å². The Morgan fingerprint density at radius 3 is 2.04 bits per heavy atom. The van der Waals surface area contributed by atoms with E-state index in [9.17, 15) is 0 Å². The van der Waals surface area contributed by atoms with Crippen molar-refractivity contribution in [2.75, 3.05) is 28.4 Å². The van der Waals surface area contributed by atoms with E-state index in [0.29, 0.717) is 36.3 Å². The summed E-state index contributed by atoms with van der Waals surface area (Å²) in [5, 5.41) is 6.63. The highest BCUT2D eigenvalue weighted by atomic mass is 127. The summed E-state index contributed by atoms with van der Waals surface area (Å²) in [6, 6.07) is 12.1. The SMILES string of the molecule is CN=C(NCc1ccccc1C)NCc1ccc(OC)c(OC)c1OC.I. The van der Waals surface area contributed by atoms with Gasteiger partial charge in [0.25, 0.3) is 0 Å². The first-order valence-corrected chi connectivity index (χ1v) is 8.41. The smallest absolute Gasteiger partial charge is 0.203 e. The Labute approximate surface area is 178 Å². The number of benzene rings is 2. The highest BCUT2D eigenvalue weighted by Gasteiger charge is 2.15. The molecule has 7 heteroatoms. The Hall–Kier alpha value is -2.16. The minimum absolute atomic E-state index is 0. The van der Waals surface area contributed by atoms with Gasteiger partial charge in [0, 0.05) is 25.7 Å². The van der Waals surface area contributed by atoms with Gasteiger partial charge in [0.15, 0.2) is 17.5 Å². The Bertz CT molecular complexity index is 766. The minimum atomic E-state index is 0. The summed E-state index contributed by atoms with van der Waals surface area (Å²) in [7, 11) is 6.57. The van der Waals surface area contributed by atoms with Crippen molar-refractivity contribution < 1.29 is 14.2 Å². The summed E-state index contributed by atoms with van der Waals surface area (Å²) in [5.74, 6) is 2.58. The highest BCUT2D eigenvalue weighted by Crippen LogP contribution is 2.39. The number of aryl methyl sites for hydroxylation is 1. The van der Waals surface area contributed by atoms with E-state index in [1.807, 2.05) is 24.3 Å². The van der Waals surface area contributed by atoms with Gasteiger partial charge < -0.3 is 24.8 Å². The van der Waals surface area contributed by atoms with Crippen molar-refractivity contribution in [2.24, 2.45) is 4.99 Å². The minimum Gasteiger partial charge on any atom is -0.493 e. The second kappa shape index (κ2) is 11.5. The maximum Gasteiger partial charge on any atom is 0.203 e. The molecule has 0 bridgehead atoms. The molecule has 0 saturated heterocycles. The summed E-state index contributed by atoms with van der Waals surface area (Å²) in [6.45, 7) is 3.34. The molecule has 0 radical (unpaired) electrons. The summed E-state index contributed by atoms with van der Waals surface area (Å²) in [6.07, 6.45) is 0. The van der Waals surface area contributed by atoms with Crippen LogP contribution >= 0.6 is 24.0 Å². The average molecular weight is 485 g/mol. The third-order valence-electron chi connectivity index (χ3n) is 4.16. The lowest BCUT2D eigenvalue weighted by molar-refractivity contribution is 0.322. The Morgan fingerprint density at radius 2 is 1.48 bits per heavy atom. The van der Waals surface area contributed by atoms with Gasteiger partial charge in [0.2, 0.25) is 5.75 Å². The van der Waals surface area contributed by atoms with E-state index in [2.05, 4.69) is 34.7 Å². The number of hydrogen-bond acceptors (Lipinski definition) is 4. The van der Waals surface area contributed by atoms with Crippen molar-refractivity contribution in [3.8, 4) is 17.2 Å². The largest absolute Gasteiger partial charge is 0.493 e. The van der Waals surface area contributed by atoms with E-state index < -0.39 is 0 Å². The lowest BCUT2D eigenvalue weighted by Crippen LogP contribution is -2.36. The number of aliphatic imine (C=N–C) groups is 1. The highest BCUT2D eigenvalue weighted by molar-refractivity contribution is 14.0. The number of ether oxygens (including phenoxy) is 3. The molecule has 2 aromatic rings. The van der Waals surface area contributed by atoms with Crippen molar-refractivity contribution >= 4 is 29.9 Å². The molecule has 0 aliphatic heterocycles. The van der Waals surface area contributed by atoms with Crippen molar-refractivity contribution in [3.63, 3.8) is 0 Å². The fourth-order valence-corrected chi connectivity index (χ4v) is 2.69. The maximum absolute atomic E-state index is 5.52. The standard InChI is InChI=1S/C20H27N3O3.HI/c1-14-8-6-7-9-15(14)12-22-20(21-2)23-13-16-10-11-17(24-3)19(26-5)18(16)25-4;/h6-11H,12-13H2,1-5H3,(H2,21,22,23);1H. The summed E-state index contributed by atoms with van der Waals surface area (Å²) in [4.78, 5) is 4.28. The van der Waals surface area contributed by atoms with Crippen molar-refractivity contribution in [1.82, 2.24) is 10.6 Å². The molecule has 0 saturated carbocycles. The molecule has 27 heavy (non-hydrogen) atoms. The summed E-state index contributed by atoms with van der Waals surface area (Å²) < 4.78 is 16.3. The first kappa shape index (κ1) is 22.9. The third-order valence-corrected chi connectivity index (χ3v) is 4.16. The topological polar surface area (TPSA) is 64.1 Å². The number of methoxy groups -OCH3 is 3. The maximum atomic E-state index is 5.52. The quantitative estimate of drug-likeness (QED) is 0.357. The van der Waals surface area contributed by atoms with Crippen molar-refractivity contribution in [3.05, 3.63) is 53.1 Å². The van der Waals surface area contributed by atoms with E-state index in [4.69, 9.17) is 14.2 Å². The van der Waals surface area contributed by atoms with Crippen LogP contribution in [-0.4, -0.2) is 34.3 Å². The number of nitrogens with zero attached hydrogens (tertiary/aromatic N) is 1. The zero-order valence-corrected chi connectivity index (χ0v) is 18.8. The van der Waals surface area contributed by atoms with E-state index in [1.165, 1.54) is 11.1 Å². The molecular weight excluding hydrogens is 457 g/mol. The molecule has 0 spiro atoms. The fraction of sp³-hybridized carbons (Fsp3) is 0.350. The van der Waals surface area contributed by atoms with Crippen LogP contribution in [0.15, 0.2) is 41.4 Å². The Kier molecular flexibility index (Phi) is 9.77. The molecular formula is C20H28IN3O3. The zero-order chi connectivity index (χ0) is 18.9. The Balaban J connectivity index is 0.00000364. The Morgan fingerprint density at radius 1 is 0.852 bits per heavy atom. The van der Waals surface area contributed by atoms with E-state index >= 15 is 0 Å². The molecule has 0 aliphatic rings. The first-order chi connectivity index (χ1) is 12.6. The molecule has 148 valence electrons. The van der Waals surface area contributed by atoms with Gasteiger partial charge >= 0.3 is 0 Å². The second-order valence-electron chi connectivity index (χ2n) is 5.70. The number of nitrogens with one attached hydrogen (secondary N) is 2. The third kappa shape index (κ3) is 5.92. The molecule has 2 rings (SSSR count). The molecule has 2 aromatic carbocycles. The molecule has 6 nitrogen and oxygen atoms in total. The van der Waals surface area contributed by atoms with Crippen LogP contribution in [0.2, 0.25) is 0 Å². The lowest BCUT2D eigenvalue weighted by Gasteiger charge is -2.17. The van der Waals surface area contributed by atoms with Crippen LogP contribution in [0.1, 0.15) is 16.7 Å². The molecule has 0 heterocycles. The van der Waals surface area contributed by atoms with Gasteiger partial charge in [0.1, 0.15) is 0 Å². The molecule has 0 amide bonds. The van der Waals surface area contributed by atoms with Crippen LogP contribution in [0, 0.1) is 6.92 Å². The summed E-state index contributed by atoms with van der Waals surface area (Å²) in [5.41, 5.74) is 3.43. The average Bonchev–Trinajstić information content (AvgIpc) is 2.68. The van der Waals surface area contributed by atoms with Crippen LogP contribution < -0.4 is 24.8 Å². The van der Waals surface area contributed by atoms with Gasteiger partial charge in [0.05, 0.1) is 21.3 Å². The predicted molar refractivity (Wildman–Crippen MR) is 120 cm³/mol. The molecule has 2 N–H and O–H groups in total. The van der Waals surface area contributed by atoms with Crippen LogP contribution in [0.25, 0.3) is 0 Å². The van der Waals surface area contributed by atoms with E-state index in [1.54, 1.807) is 28.4 Å². The normalized spacial score (nSPS) is 10.6. The molecule has 0 atom stereocenters. The van der Waals surface area contributed by atoms with Crippen molar-refractivity contribution in [1.29, 1.82) is 0 Å². The molecule has 0 unspecified atom stereocenters. The number of halogens is 1. The number of rotatable bonds is 7. The van der Waals surface area contributed by atoms with Gasteiger partial charge in [-0.15, -0.1) is 24.0 Å². The first-order valence-electron chi connectivity index (χ1n) is 8.41. The van der Waals surface area contributed by atoms with E-state index in [-0.39, 0.29) is 24.0 Å². The molecule has 0 aromatic heterocycles. The molecule has 0 fully saturated rings. The second-order valence-corrected chi connectivity index (χ2v) is 5.70. The number of guanidine groups is 1. The summed E-state index contributed by atoms with van der Waals surface area (Å²) >= 11 is 0. The molecule has 0 aliphatic carbocycles. The van der Waals surface area contributed by atoms with Crippen LogP contribution in [0.5, 0.6) is 17.2 Å². The monoisotopic (exact) mass is 485 g/mol. The zero-order valence-electron chi connectivity index (χ0n) is 16.5. The van der Waals surface area contributed by atoms with Gasteiger partial charge in [-0.05, 0) is 30.2 Å². The van der Waals surface area contributed by atoms with Gasteiger partial charge in [-0.3, -0.25) is 4.99 Å². The van der Waals surface area contributed by atoms with Gasteiger partial charge in [-0.2, -0.15) is 0 Å². The van der Waals surface area contributed by atoms with Crippen LogP contribution in [0.4, 0.5) is 0 Å². The fourth-order valence-electron chi connectivity index (χ4n) is 2.69. The number of hydrogen-bond donors (Lipinski definition) is 2. The van der Waals surface area contributed by atoms with Crippen LogP contribution in [0.3, 0.4) is 0 Å². The van der Waals surface area contributed by atoms with Crippen LogP contribution in [-0.2, 0) is 13.1 Å².